The highest BCUT2D eigenvalue weighted by Gasteiger charge is 2.50. The number of nitrogens with zero attached hydrogens (tertiary/aromatic N) is 1. The van der Waals surface area contributed by atoms with E-state index in [1.807, 2.05) is 16.8 Å². The van der Waals surface area contributed by atoms with Crippen molar-refractivity contribution >= 4 is 28.0 Å². The summed E-state index contributed by atoms with van der Waals surface area (Å²) in [7, 11) is 1.42. The molecular formula is C25H29NO9S. The van der Waals surface area contributed by atoms with Crippen molar-refractivity contribution in [1.82, 2.24) is 0 Å². The highest BCUT2D eigenvalue weighted by Crippen LogP contribution is 2.37. The molecule has 10 nitrogen and oxygen atoms in total. The van der Waals surface area contributed by atoms with E-state index in [-0.39, 0.29) is 40.4 Å². The number of methoxy groups -OCH3 is 1. The first-order valence-corrected chi connectivity index (χ1v) is 12.2. The molecule has 3 N–H and O–H groups in total. The summed E-state index contributed by atoms with van der Waals surface area (Å²) in [4.78, 5) is 18.1. The topological polar surface area (TPSA) is 140 Å². The Hall–Kier alpha value is -2.96. The molecule has 2 aromatic heterocycles. The fourth-order valence-corrected chi connectivity index (χ4v) is 4.92. The molecule has 0 spiro atoms. The van der Waals surface area contributed by atoms with Crippen LogP contribution in [0, 0.1) is 6.92 Å². The van der Waals surface area contributed by atoms with Gasteiger partial charge in [0.15, 0.2) is 0 Å². The lowest BCUT2D eigenvalue weighted by Gasteiger charge is -2.46. The van der Waals surface area contributed by atoms with Gasteiger partial charge in [0.2, 0.25) is 6.29 Å². The zero-order valence-corrected chi connectivity index (χ0v) is 21.4. The van der Waals surface area contributed by atoms with Gasteiger partial charge in [-0.3, -0.25) is 0 Å². The fourth-order valence-electron chi connectivity index (χ4n) is 4.27. The molecule has 0 saturated carbocycles. The molecule has 1 aliphatic rings. The van der Waals surface area contributed by atoms with E-state index in [1.54, 1.807) is 26.8 Å². The molecular weight excluding hydrogens is 490 g/mol. The Bertz CT molecular complexity index is 1320. The predicted molar refractivity (Wildman–Crippen MR) is 133 cm³/mol. The van der Waals surface area contributed by atoms with Crippen molar-refractivity contribution in [3.63, 3.8) is 0 Å². The normalized spacial score (nSPS) is 24.1. The van der Waals surface area contributed by atoms with Gasteiger partial charge in [-0.1, -0.05) is 5.16 Å². The Morgan fingerprint density at radius 3 is 2.64 bits per heavy atom. The number of hydrogen-bond donors (Lipinski definition) is 3. The van der Waals surface area contributed by atoms with Crippen LogP contribution in [0.15, 0.2) is 43.3 Å². The lowest BCUT2D eigenvalue weighted by Crippen LogP contribution is -2.63. The molecule has 3 aromatic rings. The van der Waals surface area contributed by atoms with Crippen molar-refractivity contribution in [2.24, 2.45) is 5.16 Å². The van der Waals surface area contributed by atoms with Crippen LogP contribution in [0.1, 0.15) is 37.5 Å². The summed E-state index contributed by atoms with van der Waals surface area (Å²) in [6, 6.07) is 4.97. The molecule has 1 aliphatic heterocycles. The highest BCUT2D eigenvalue weighted by atomic mass is 32.1. The van der Waals surface area contributed by atoms with Crippen molar-refractivity contribution in [2.75, 3.05) is 7.11 Å². The largest absolute Gasteiger partial charge is 0.506 e. The van der Waals surface area contributed by atoms with Crippen LogP contribution < -0.4 is 10.4 Å². The van der Waals surface area contributed by atoms with Gasteiger partial charge in [-0.05, 0) is 56.7 Å². The van der Waals surface area contributed by atoms with Crippen molar-refractivity contribution in [2.45, 2.75) is 64.5 Å². The van der Waals surface area contributed by atoms with E-state index in [0.717, 1.165) is 5.56 Å². The Morgan fingerprint density at radius 2 is 1.97 bits per heavy atom. The van der Waals surface area contributed by atoms with E-state index < -0.39 is 35.8 Å². The lowest BCUT2D eigenvalue weighted by molar-refractivity contribution is -0.306. The van der Waals surface area contributed by atoms with E-state index in [4.69, 9.17) is 23.5 Å². The van der Waals surface area contributed by atoms with E-state index in [2.05, 4.69) is 5.16 Å². The minimum atomic E-state index is -1.39. The van der Waals surface area contributed by atoms with Crippen LogP contribution in [-0.4, -0.2) is 58.3 Å². The maximum Gasteiger partial charge on any atom is 0.349 e. The number of aromatic hydroxyl groups is 1. The van der Waals surface area contributed by atoms with Crippen LogP contribution in [0.4, 0.5) is 0 Å². The number of fused-ring (bicyclic) bond motifs is 1. The Balaban J connectivity index is 1.62. The minimum Gasteiger partial charge on any atom is -0.506 e. The van der Waals surface area contributed by atoms with Crippen LogP contribution in [0.3, 0.4) is 0 Å². The summed E-state index contributed by atoms with van der Waals surface area (Å²) < 4.78 is 22.6. The van der Waals surface area contributed by atoms with E-state index in [1.165, 1.54) is 31.4 Å². The third-order valence-electron chi connectivity index (χ3n) is 6.16. The molecule has 36 heavy (non-hydrogen) atoms. The zero-order valence-electron chi connectivity index (χ0n) is 20.5. The van der Waals surface area contributed by atoms with Crippen LogP contribution >= 0.6 is 11.3 Å². The van der Waals surface area contributed by atoms with Gasteiger partial charge in [-0.2, -0.15) is 11.3 Å². The Kier molecular flexibility index (Phi) is 7.39. The lowest BCUT2D eigenvalue weighted by atomic mass is 9.89. The molecule has 11 heteroatoms. The first-order chi connectivity index (χ1) is 17.0. The number of thiophene rings is 1. The second kappa shape index (κ2) is 10.2. The van der Waals surface area contributed by atoms with Crippen LogP contribution in [0.25, 0.3) is 11.0 Å². The average molecular weight is 520 g/mol. The second-order valence-electron chi connectivity index (χ2n) is 9.11. The number of aryl methyl sites for hydroxylation is 1. The Labute approximate surface area is 211 Å². The Morgan fingerprint density at radius 1 is 1.22 bits per heavy atom. The average Bonchev–Trinajstić information content (AvgIpc) is 3.33. The maximum absolute atomic E-state index is 12.8. The molecule has 0 radical (unpaired) electrons. The fraction of sp³-hybridized carbons (Fsp3) is 0.440. The zero-order chi connectivity index (χ0) is 26.2. The van der Waals surface area contributed by atoms with Gasteiger partial charge in [-0.25, -0.2) is 4.79 Å². The van der Waals surface area contributed by atoms with Gasteiger partial charge in [-0.15, -0.1) is 0 Å². The molecule has 1 saturated heterocycles. The smallest absolute Gasteiger partial charge is 0.349 e. The molecule has 1 aromatic carbocycles. The van der Waals surface area contributed by atoms with Gasteiger partial charge in [0.05, 0.1) is 16.7 Å². The van der Waals surface area contributed by atoms with Crippen LogP contribution in [0.5, 0.6) is 11.5 Å². The van der Waals surface area contributed by atoms with Gasteiger partial charge >= 0.3 is 5.63 Å². The maximum atomic E-state index is 12.8. The number of aliphatic hydroxyl groups excluding tert-OH is 2. The van der Waals surface area contributed by atoms with E-state index in [9.17, 15) is 20.1 Å². The van der Waals surface area contributed by atoms with Crippen molar-refractivity contribution in [3.05, 3.63) is 56.1 Å². The summed E-state index contributed by atoms with van der Waals surface area (Å²) in [6.45, 7) is 6.84. The molecule has 0 amide bonds. The highest BCUT2D eigenvalue weighted by molar-refractivity contribution is 7.07. The second-order valence-corrected chi connectivity index (χ2v) is 9.89. The van der Waals surface area contributed by atoms with E-state index in [0.29, 0.717) is 5.56 Å². The summed E-state index contributed by atoms with van der Waals surface area (Å²) >= 11 is 1.53. The summed E-state index contributed by atoms with van der Waals surface area (Å²) in [5.41, 5.74) is -0.256. The molecule has 4 rings (SSSR count). The molecule has 0 unspecified atom stereocenters. The summed E-state index contributed by atoms with van der Waals surface area (Å²) in [5.74, 6) is -0.0603. The molecule has 1 fully saturated rings. The minimum absolute atomic E-state index is 0.102. The summed E-state index contributed by atoms with van der Waals surface area (Å²) in [6.07, 6.45) is -4.63. The van der Waals surface area contributed by atoms with Gasteiger partial charge < -0.3 is 38.8 Å². The molecule has 194 valence electrons. The van der Waals surface area contributed by atoms with Crippen LogP contribution in [-0.2, 0) is 20.9 Å². The SMILES string of the molecule is CO[C@@H]1[C@@H](O)[C@@H](O)[C@H](Oc2ccc3c(O)c(/C(C)=N\OCc4ccsc4)c(=O)oc3c2C)OC1(C)C. The number of oxime groups is 1. The van der Waals surface area contributed by atoms with Crippen molar-refractivity contribution < 1.29 is 38.8 Å². The van der Waals surface area contributed by atoms with Crippen molar-refractivity contribution in [1.29, 1.82) is 0 Å². The first-order valence-electron chi connectivity index (χ1n) is 11.3. The van der Waals surface area contributed by atoms with E-state index >= 15 is 0 Å². The number of aliphatic hydroxyl groups is 2. The molecule has 0 aliphatic carbocycles. The van der Waals surface area contributed by atoms with Gasteiger partial charge in [0, 0.05) is 18.2 Å². The first kappa shape index (κ1) is 26.1. The number of benzene rings is 1. The standard InChI is InChI=1S/C25H29NO9S/c1-12-16(33-24-20(29)19(28)22(31-5)25(3,4)35-24)7-6-15-18(27)17(23(30)34-21(12)15)13(2)26-32-10-14-8-9-36-11-14/h6-9,11,19-20,22,24,27-29H,10H2,1-5H3/b26-13-/t19-,20+,22+,24+/m0/s1. The summed E-state index contributed by atoms with van der Waals surface area (Å²) in [5, 5.41) is 40.0. The third-order valence-corrected chi connectivity index (χ3v) is 6.89. The quantitative estimate of drug-likeness (QED) is 0.244. The molecule has 3 heterocycles. The monoisotopic (exact) mass is 519 g/mol. The van der Waals surface area contributed by atoms with Gasteiger partial charge in [0.25, 0.3) is 0 Å². The number of ether oxygens (including phenoxy) is 3. The molecule has 0 bridgehead atoms. The predicted octanol–water partition coefficient (Wildman–Crippen LogP) is 3.06. The number of hydrogen-bond acceptors (Lipinski definition) is 11. The van der Waals surface area contributed by atoms with Gasteiger partial charge in [0.1, 0.15) is 47.6 Å². The third kappa shape index (κ3) is 4.84. The molecule has 4 atom stereocenters. The number of rotatable bonds is 7. The van der Waals surface area contributed by atoms with Crippen LogP contribution in [0.2, 0.25) is 0 Å². The van der Waals surface area contributed by atoms with Crippen molar-refractivity contribution in [3.8, 4) is 11.5 Å².